The zero-order chi connectivity index (χ0) is 15.7. The molecule has 0 unspecified atom stereocenters. The van der Waals surface area contributed by atoms with E-state index in [-0.39, 0.29) is 6.04 Å². The van der Waals surface area contributed by atoms with Crippen LogP contribution in [-0.2, 0) is 5.60 Å². The first-order valence-electron chi connectivity index (χ1n) is 8.10. The van der Waals surface area contributed by atoms with Gasteiger partial charge in [0.15, 0.2) is 0 Å². The van der Waals surface area contributed by atoms with Crippen molar-refractivity contribution in [3.63, 3.8) is 0 Å². The van der Waals surface area contributed by atoms with Gasteiger partial charge in [0.05, 0.1) is 0 Å². The molecule has 1 heterocycles. The summed E-state index contributed by atoms with van der Waals surface area (Å²) in [6.45, 7) is 5.23. The van der Waals surface area contributed by atoms with Crippen molar-refractivity contribution in [3.8, 4) is 0 Å². The van der Waals surface area contributed by atoms with Crippen LogP contribution in [0.3, 0.4) is 0 Å². The molecule has 1 atom stereocenters. The van der Waals surface area contributed by atoms with Crippen molar-refractivity contribution in [1.82, 2.24) is 4.90 Å². The Bertz CT molecular complexity index is 619. The maximum absolute atomic E-state index is 11.9. The Kier molecular flexibility index (Phi) is 4.07. The number of rotatable bonds is 3. The van der Waals surface area contributed by atoms with E-state index in [2.05, 4.69) is 50.1 Å². The van der Waals surface area contributed by atoms with Gasteiger partial charge in [0.2, 0.25) is 0 Å². The molecular formula is C20H25NO. The van der Waals surface area contributed by atoms with Crippen LogP contribution in [0.5, 0.6) is 0 Å². The van der Waals surface area contributed by atoms with E-state index in [9.17, 15) is 5.11 Å². The summed E-state index contributed by atoms with van der Waals surface area (Å²) in [5.41, 5.74) is 3.40. The molecule has 116 valence electrons. The largest absolute Gasteiger partial charge is 0.379 e. The summed E-state index contributed by atoms with van der Waals surface area (Å²) in [4.78, 5) is 2.30. The van der Waals surface area contributed by atoms with Gasteiger partial charge in [-0.2, -0.15) is 0 Å². The van der Waals surface area contributed by atoms with Gasteiger partial charge in [-0.3, -0.25) is 4.90 Å². The SMILES string of the molecule is Cc1ccccc1C(O)(c1ccccc1C)[C@@H]1CCCN1C. The third-order valence-corrected chi connectivity index (χ3v) is 5.11. The van der Waals surface area contributed by atoms with E-state index in [4.69, 9.17) is 0 Å². The van der Waals surface area contributed by atoms with E-state index >= 15 is 0 Å². The third kappa shape index (κ3) is 2.37. The van der Waals surface area contributed by atoms with Crippen LogP contribution in [0, 0.1) is 13.8 Å². The number of aliphatic hydroxyl groups is 1. The zero-order valence-electron chi connectivity index (χ0n) is 13.7. The average Bonchev–Trinajstić information content (AvgIpc) is 2.94. The van der Waals surface area contributed by atoms with Crippen LogP contribution in [-0.4, -0.2) is 29.6 Å². The van der Waals surface area contributed by atoms with Crippen LogP contribution in [0.2, 0.25) is 0 Å². The molecule has 2 heteroatoms. The summed E-state index contributed by atoms with van der Waals surface area (Å²) in [6.07, 6.45) is 2.16. The molecule has 0 spiro atoms. The Labute approximate surface area is 133 Å². The molecule has 2 aromatic carbocycles. The molecule has 0 radical (unpaired) electrons. The Morgan fingerprint density at radius 2 is 1.45 bits per heavy atom. The average molecular weight is 295 g/mol. The molecule has 0 amide bonds. The number of hydrogen-bond acceptors (Lipinski definition) is 2. The van der Waals surface area contributed by atoms with Crippen molar-refractivity contribution < 1.29 is 5.11 Å². The van der Waals surface area contributed by atoms with E-state index in [0.717, 1.165) is 41.6 Å². The standard InChI is InChI=1S/C20H25NO/c1-15-9-4-6-11-17(15)20(22,19-13-8-14-21(19)3)18-12-7-5-10-16(18)2/h4-7,9-12,19,22H,8,13-14H2,1-3H3/t19-/m0/s1. The van der Waals surface area contributed by atoms with Gasteiger partial charge in [0.1, 0.15) is 5.60 Å². The lowest BCUT2D eigenvalue weighted by molar-refractivity contribution is 0.00370. The van der Waals surface area contributed by atoms with E-state index in [1.165, 1.54) is 0 Å². The van der Waals surface area contributed by atoms with Gasteiger partial charge in [0, 0.05) is 6.04 Å². The van der Waals surface area contributed by atoms with Gasteiger partial charge in [-0.25, -0.2) is 0 Å². The monoisotopic (exact) mass is 295 g/mol. The number of aryl methyl sites for hydroxylation is 2. The highest BCUT2D eigenvalue weighted by Crippen LogP contribution is 2.42. The van der Waals surface area contributed by atoms with Crippen molar-refractivity contribution in [2.75, 3.05) is 13.6 Å². The predicted octanol–water partition coefficient (Wildman–Crippen LogP) is 3.63. The Morgan fingerprint density at radius 1 is 0.955 bits per heavy atom. The van der Waals surface area contributed by atoms with Crippen molar-refractivity contribution in [2.24, 2.45) is 0 Å². The highest BCUT2D eigenvalue weighted by atomic mass is 16.3. The molecule has 0 saturated carbocycles. The summed E-state index contributed by atoms with van der Waals surface area (Å²) in [7, 11) is 2.12. The highest BCUT2D eigenvalue weighted by Gasteiger charge is 2.45. The molecule has 1 N–H and O–H groups in total. The maximum atomic E-state index is 11.9. The molecule has 1 saturated heterocycles. The van der Waals surface area contributed by atoms with Gasteiger partial charge in [0.25, 0.3) is 0 Å². The summed E-state index contributed by atoms with van der Waals surface area (Å²) >= 11 is 0. The van der Waals surface area contributed by atoms with E-state index in [1.54, 1.807) is 0 Å². The minimum Gasteiger partial charge on any atom is -0.379 e. The fourth-order valence-corrected chi connectivity index (χ4v) is 3.94. The lowest BCUT2D eigenvalue weighted by atomic mass is 9.76. The fraction of sp³-hybridized carbons (Fsp3) is 0.400. The zero-order valence-corrected chi connectivity index (χ0v) is 13.7. The van der Waals surface area contributed by atoms with Crippen LogP contribution in [0.1, 0.15) is 35.1 Å². The lowest BCUT2D eigenvalue weighted by Crippen LogP contribution is -2.47. The van der Waals surface area contributed by atoms with Gasteiger partial charge in [-0.15, -0.1) is 0 Å². The second kappa shape index (κ2) is 5.86. The summed E-state index contributed by atoms with van der Waals surface area (Å²) < 4.78 is 0. The quantitative estimate of drug-likeness (QED) is 0.934. The molecule has 22 heavy (non-hydrogen) atoms. The topological polar surface area (TPSA) is 23.5 Å². The molecule has 0 aromatic heterocycles. The van der Waals surface area contributed by atoms with Crippen LogP contribution in [0.15, 0.2) is 48.5 Å². The fourth-order valence-electron chi connectivity index (χ4n) is 3.94. The van der Waals surface area contributed by atoms with Gasteiger partial charge in [-0.05, 0) is 62.5 Å². The van der Waals surface area contributed by atoms with Crippen LogP contribution >= 0.6 is 0 Å². The number of hydrogen-bond donors (Lipinski definition) is 1. The molecule has 1 aliphatic heterocycles. The molecular weight excluding hydrogens is 270 g/mol. The highest BCUT2D eigenvalue weighted by molar-refractivity contribution is 5.45. The van der Waals surface area contributed by atoms with E-state index < -0.39 is 5.60 Å². The van der Waals surface area contributed by atoms with Crippen LogP contribution < -0.4 is 0 Å². The molecule has 2 nitrogen and oxygen atoms in total. The first kappa shape index (κ1) is 15.3. The molecule has 3 rings (SSSR count). The molecule has 2 aromatic rings. The Balaban J connectivity index is 2.23. The summed E-state index contributed by atoms with van der Waals surface area (Å²) in [5, 5.41) is 11.9. The molecule has 0 bridgehead atoms. The maximum Gasteiger partial charge on any atom is 0.131 e. The van der Waals surface area contributed by atoms with Crippen molar-refractivity contribution >= 4 is 0 Å². The summed E-state index contributed by atoms with van der Waals surface area (Å²) in [6, 6.07) is 16.6. The Hall–Kier alpha value is -1.64. The third-order valence-electron chi connectivity index (χ3n) is 5.11. The second-order valence-electron chi connectivity index (χ2n) is 6.53. The van der Waals surface area contributed by atoms with E-state index in [1.807, 2.05) is 24.3 Å². The molecule has 1 aliphatic rings. The smallest absolute Gasteiger partial charge is 0.131 e. The summed E-state index contributed by atoms with van der Waals surface area (Å²) in [5.74, 6) is 0. The van der Waals surface area contributed by atoms with Crippen LogP contribution in [0.25, 0.3) is 0 Å². The van der Waals surface area contributed by atoms with Gasteiger partial charge < -0.3 is 5.11 Å². The van der Waals surface area contributed by atoms with Crippen molar-refractivity contribution in [2.45, 2.75) is 38.3 Å². The number of likely N-dealkylation sites (N-methyl/N-ethyl adjacent to an activating group) is 1. The van der Waals surface area contributed by atoms with Gasteiger partial charge >= 0.3 is 0 Å². The number of benzene rings is 2. The van der Waals surface area contributed by atoms with Crippen molar-refractivity contribution in [3.05, 3.63) is 70.8 Å². The minimum atomic E-state index is -0.956. The normalized spacial score (nSPS) is 19.5. The van der Waals surface area contributed by atoms with Crippen molar-refractivity contribution in [1.29, 1.82) is 0 Å². The van der Waals surface area contributed by atoms with Crippen LogP contribution in [0.4, 0.5) is 0 Å². The predicted molar refractivity (Wildman–Crippen MR) is 91.0 cm³/mol. The minimum absolute atomic E-state index is 0.120. The lowest BCUT2D eigenvalue weighted by Gasteiger charge is -2.40. The number of likely N-dealkylation sites (tertiary alicyclic amines) is 1. The molecule has 1 fully saturated rings. The first-order chi connectivity index (χ1) is 10.5. The Morgan fingerprint density at radius 3 is 1.86 bits per heavy atom. The second-order valence-corrected chi connectivity index (χ2v) is 6.53. The van der Waals surface area contributed by atoms with Gasteiger partial charge in [-0.1, -0.05) is 48.5 Å². The first-order valence-corrected chi connectivity index (χ1v) is 8.10. The molecule has 0 aliphatic carbocycles. The van der Waals surface area contributed by atoms with E-state index in [0.29, 0.717) is 0 Å². The number of nitrogens with zero attached hydrogens (tertiary/aromatic N) is 1.